The second-order valence-corrected chi connectivity index (χ2v) is 10.9. The topological polar surface area (TPSA) is 107 Å². The van der Waals surface area contributed by atoms with Crippen LogP contribution in [0.2, 0.25) is 0 Å². The zero-order chi connectivity index (χ0) is 30.7. The van der Waals surface area contributed by atoms with Gasteiger partial charge in [-0.25, -0.2) is 4.79 Å². The van der Waals surface area contributed by atoms with Gasteiger partial charge in [0.25, 0.3) is 0 Å². The van der Waals surface area contributed by atoms with Crippen molar-refractivity contribution in [2.75, 3.05) is 17.2 Å². The highest BCUT2D eigenvalue weighted by molar-refractivity contribution is 6.12. The van der Waals surface area contributed by atoms with Crippen molar-refractivity contribution >= 4 is 29.2 Å². The highest BCUT2D eigenvalue weighted by Gasteiger charge is 2.36. The fourth-order valence-corrected chi connectivity index (χ4v) is 4.24. The molecule has 42 heavy (non-hydrogen) atoms. The molecular formula is C31H32F3N3O5. The number of pyridine rings is 1. The summed E-state index contributed by atoms with van der Waals surface area (Å²) >= 11 is 0. The summed E-state index contributed by atoms with van der Waals surface area (Å²) in [6.07, 6.45) is -2.51. The van der Waals surface area contributed by atoms with E-state index in [4.69, 9.17) is 9.47 Å². The number of alkyl halides is 3. The van der Waals surface area contributed by atoms with Gasteiger partial charge in [-0.15, -0.1) is 0 Å². The van der Waals surface area contributed by atoms with Gasteiger partial charge in [0.1, 0.15) is 11.4 Å². The Kier molecular flexibility index (Phi) is 8.89. The van der Waals surface area contributed by atoms with Crippen LogP contribution in [0.1, 0.15) is 74.5 Å². The molecule has 2 aromatic carbocycles. The molecule has 1 aliphatic carbocycles. The van der Waals surface area contributed by atoms with Crippen LogP contribution in [0, 0.1) is 0 Å². The van der Waals surface area contributed by atoms with Crippen LogP contribution in [0.3, 0.4) is 0 Å². The Morgan fingerprint density at radius 2 is 1.64 bits per heavy atom. The van der Waals surface area contributed by atoms with Crippen LogP contribution >= 0.6 is 0 Å². The average molecular weight is 584 g/mol. The van der Waals surface area contributed by atoms with Gasteiger partial charge in [-0.05, 0) is 75.9 Å². The Bertz CT molecular complexity index is 1490. The number of nitrogens with zero attached hydrogens (tertiary/aromatic N) is 1. The van der Waals surface area contributed by atoms with E-state index in [1.165, 1.54) is 6.92 Å². The molecule has 1 aliphatic rings. The van der Waals surface area contributed by atoms with Crippen LogP contribution in [0.15, 0.2) is 54.7 Å². The number of ether oxygens (including phenoxy) is 2. The van der Waals surface area contributed by atoms with Crippen molar-refractivity contribution in [1.82, 2.24) is 4.98 Å². The Labute approximate surface area is 241 Å². The second kappa shape index (κ2) is 12.2. The Balaban J connectivity index is 1.56. The first-order valence-electron chi connectivity index (χ1n) is 13.5. The lowest BCUT2D eigenvalue weighted by atomic mass is 9.99. The van der Waals surface area contributed by atoms with Crippen molar-refractivity contribution in [3.05, 3.63) is 71.5 Å². The van der Waals surface area contributed by atoms with E-state index in [9.17, 15) is 27.6 Å². The molecule has 222 valence electrons. The normalized spacial score (nSPS) is 13.3. The van der Waals surface area contributed by atoms with Crippen molar-refractivity contribution in [2.45, 2.75) is 64.7 Å². The molecule has 4 rings (SSSR count). The monoisotopic (exact) mass is 583 g/mol. The Morgan fingerprint density at radius 1 is 0.952 bits per heavy atom. The number of nitrogens with one attached hydrogen (secondary N) is 2. The van der Waals surface area contributed by atoms with Gasteiger partial charge in [-0.2, -0.15) is 13.2 Å². The van der Waals surface area contributed by atoms with Crippen LogP contribution in [0.25, 0.3) is 11.1 Å². The number of carbonyl (C=O) groups excluding carboxylic acids is 3. The molecule has 0 unspecified atom stereocenters. The zero-order valence-electron chi connectivity index (χ0n) is 23.7. The minimum absolute atomic E-state index is 0.0738. The molecule has 1 aromatic heterocycles. The molecule has 2 amide bonds. The van der Waals surface area contributed by atoms with Gasteiger partial charge >= 0.3 is 12.3 Å². The number of carbonyl (C=O) groups is 3. The summed E-state index contributed by atoms with van der Waals surface area (Å²) in [6.45, 7) is 6.30. The molecule has 0 bridgehead atoms. The molecule has 3 aromatic rings. The molecular weight excluding hydrogens is 551 g/mol. The van der Waals surface area contributed by atoms with Crippen LogP contribution in [-0.2, 0) is 15.7 Å². The number of ketones is 1. The first kappa shape index (κ1) is 30.5. The third-order valence-electron chi connectivity index (χ3n) is 6.25. The SMILES string of the molecule is CCOc1cc(NC(=O)OC(C)(C)C)c(NC(=O)CC(=O)c2cccc(-c3ccnc(C4CC4)c3)c2)cc1C(F)(F)F. The summed E-state index contributed by atoms with van der Waals surface area (Å²) in [5.74, 6) is -1.49. The van der Waals surface area contributed by atoms with Crippen LogP contribution in [-0.4, -0.2) is 35.0 Å². The lowest BCUT2D eigenvalue weighted by Gasteiger charge is -2.22. The summed E-state index contributed by atoms with van der Waals surface area (Å²) in [7, 11) is 0. The first-order chi connectivity index (χ1) is 19.7. The molecule has 1 saturated carbocycles. The molecule has 8 nitrogen and oxygen atoms in total. The molecule has 0 aliphatic heterocycles. The summed E-state index contributed by atoms with van der Waals surface area (Å²) in [5, 5.41) is 4.70. The van der Waals surface area contributed by atoms with E-state index in [1.54, 1.807) is 45.2 Å². The summed E-state index contributed by atoms with van der Waals surface area (Å²) in [6, 6.07) is 12.2. The van der Waals surface area contributed by atoms with Crippen molar-refractivity contribution in [3.63, 3.8) is 0 Å². The number of halogens is 3. The predicted octanol–water partition coefficient (Wildman–Crippen LogP) is 7.60. The predicted molar refractivity (Wildman–Crippen MR) is 152 cm³/mol. The lowest BCUT2D eigenvalue weighted by Crippen LogP contribution is -2.28. The maximum Gasteiger partial charge on any atom is 0.420 e. The summed E-state index contributed by atoms with van der Waals surface area (Å²) < 4.78 is 51.8. The van der Waals surface area contributed by atoms with Gasteiger partial charge in [-0.3, -0.25) is 19.9 Å². The third kappa shape index (κ3) is 8.08. The highest BCUT2D eigenvalue weighted by Crippen LogP contribution is 2.42. The summed E-state index contributed by atoms with van der Waals surface area (Å²) in [4.78, 5) is 42.8. The van der Waals surface area contributed by atoms with Gasteiger partial charge in [0.05, 0.1) is 30.0 Å². The fraction of sp³-hybridized carbons (Fsp3) is 0.355. The fourth-order valence-electron chi connectivity index (χ4n) is 4.24. The van der Waals surface area contributed by atoms with Gasteiger partial charge in [0.2, 0.25) is 5.91 Å². The molecule has 0 atom stereocenters. The van der Waals surface area contributed by atoms with E-state index in [0.717, 1.165) is 35.7 Å². The van der Waals surface area contributed by atoms with Crippen LogP contribution in [0.5, 0.6) is 5.75 Å². The maximum atomic E-state index is 13.8. The molecule has 1 heterocycles. The van der Waals surface area contributed by atoms with Gasteiger partial charge in [0, 0.05) is 29.4 Å². The quantitative estimate of drug-likeness (QED) is 0.198. The van der Waals surface area contributed by atoms with Crippen molar-refractivity contribution in [1.29, 1.82) is 0 Å². The number of Topliss-reactive ketones (excluding diaryl/α,β-unsaturated/α-hetero) is 1. The van der Waals surface area contributed by atoms with E-state index in [0.29, 0.717) is 12.0 Å². The highest BCUT2D eigenvalue weighted by atomic mass is 19.4. The largest absolute Gasteiger partial charge is 0.493 e. The minimum Gasteiger partial charge on any atom is -0.493 e. The second-order valence-electron chi connectivity index (χ2n) is 10.9. The average Bonchev–Trinajstić information content (AvgIpc) is 3.74. The van der Waals surface area contributed by atoms with Crippen LogP contribution in [0.4, 0.5) is 29.3 Å². The zero-order valence-corrected chi connectivity index (χ0v) is 23.7. The molecule has 0 saturated heterocycles. The van der Waals surface area contributed by atoms with Crippen LogP contribution < -0.4 is 15.4 Å². The van der Waals surface area contributed by atoms with Crippen molar-refractivity contribution in [2.24, 2.45) is 0 Å². The van der Waals surface area contributed by atoms with E-state index >= 15 is 0 Å². The van der Waals surface area contributed by atoms with Crippen molar-refractivity contribution < 1.29 is 37.0 Å². The summed E-state index contributed by atoms with van der Waals surface area (Å²) in [5.41, 5.74) is 0.319. The van der Waals surface area contributed by atoms with Crippen molar-refractivity contribution in [3.8, 4) is 16.9 Å². The Hall–Kier alpha value is -4.41. The number of hydrogen-bond donors (Lipinski definition) is 2. The van der Waals surface area contributed by atoms with Gasteiger partial charge in [0.15, 0.2) is 5.78 Å². The van der Waals surface area contributed by atoms with E-state index < -0.39 is 47.3 Å². The molecule has 0 radical (unpaired) electrons. The number of rotatable bonds is 9. The standard InChI is InChI=1S/C31H32F3N3O5/c1-5-41-27-16-25(37-29(40)42-30(2,3)4)24(15-22(27)31(32,33)34)36-28(39)17-26(38)21-8-6-7-19(13-21)20-11-12-35-23(14-20)18-9-10-18/h6-8,11-16,18H,5,9-10,17H2,1-4H3,(H,36,39)(H,37,40). The number of amides is 2. The molecule has 11 heteroatoms. The first-order valence-corrected chi connectivity index (χ1v) is 13.5. The minimum atomic E-state index is -4.82. The van der Waals surface area contributed by atoms with Gasteiger partial charge in [-0.1, -0.05) is 18.2 Å². The molecule has 1 fully saturated rings. The number of benzene rings is 2. The number of hydrogen-bond acceptors (Lipinski definition) is 6. The maximum absolute atomic E-state index is 13.8. The number of anilines is 2. The molecule has 2 N–H and O–H groups in total. The van der Waals surface area contributed by atoms with E-state index in [1.807, 2.05) is 18.2 Å². The molecule has 0 spiro atoms. The number of aromatic nitrogens is 1. The third-order valence-corrected chi connectivity index (χ3v) is 6.25. The smallest absolute Gasteiger partial charge is 0.420 e. The van der Waals surface area contributed by atoms with Gasteiger partial charge < -0.3 is 14.8 Å². The Morgan fingerprint density at radius 3 is 2.29 bits per heavy atom. The lowest BCUT2D eigenvalue weighted by molar-refractivity contribution is -0.138. The van der Waals surface area contributed by atoms with E-state index in [2.05, 4.69) is 15.6 Å². The van der Waals surface area contributed by atoms with E-state index in [-0.39, 0.29) is 23.5 Å².